The van der Waals surface area contributed by atoms with Gasteiger partial charge in [-0.05, 0) is 67.7 Å². The SMILES string of the molecule is CCOC(=O)C(C)(CC(C)N1CCCC1CN(C)C)NC. The fourth-order valence-electron chi connectivity index (χ4n) is 3.34. The second kappa shape index (κ2) is 8.11. The Morgan fingerprint density at radius 1 is 1.52 bits per heavy atom. The van der Waals surface area contributed by atoms with Crippen molar-refractivity contribution in [3.05, 3.63) is 0 Å². The lowest BCUT2D eigenvalue weighted by Gasteiger charge is -2.37. The van der Waals surface area contributed by atoms with E-state index < -0.39 is 5.54 Å². The van der Waals surface area contributed by atoms with Gasteiger partial charge in [0.2, 0.25) is 0 Å². The van der Waals surface area contributed by atoms with E-state index in [1.54, 1.807) is 0 Å². The highest BCUT2D eigenvalue weighted by Gasteiger charge is 2.38. The summed E-state index contributed by atoms with van der Waals surface area (Å²) in [4.78, 5) is 17.0. The Morgan fingerprint density at radius 3 is 2.71 bits per heavy atom. The number of rotatable bonds is 8. The van der Waals surface area contributed by atoms with Crippen LogP contribution in [0.2, 0.25) is 0 Å². The smallest absolute Gasteiger partial charge is 0.326 e. The summed E-state index contributed by atoms with van der Waals surface area (Å²) >= 11 is 0. The fraction of sp³-hybridized carbons (Fsp3) is 0.938. The van der Waals surface area contributed by atoms with Gasteiger partial charge >= 0.3 is 5.97 Å². The average molecular weight is 299 g/mol. The van der Waals surface area contributed by atoms with Gasteiger partial charge in [-0.2, -0.15) is 0 Å². The molecule has 0 radical (unpaired) electrons. The van der Waals surface area contributed by atoms with Gasteiger partial charge in [-0.15, -0.1) is 0 Å². The molecule has 0 aromatic heterocycles. The lowest BCUT2D eigenvalue weighted by Crippen LogP contribution is -2.54. The minimum atomic E-state index is -0.610. The average Bonchev–Trinajstić information content (AvgIpc) is 2.86. The zero-order chi connectivity index (χ0) is 16.0. The van der Waals surface area contributed by atoms with Crippen LogP contribution in [0.1, 0.15) is 40.0 Å². The molecular weight excluding hydrogens is 266 g/mol. The third-order valence-corrected chi connectivity index (χ3v) is 4.55. The summed E-state index contributed by atoms with van der Waals surface area (Å²) in [6, 6.07) is 0.956. The number of ether oxygens (including phenoxy) is 1. The first-order valence-corrected chi connectivity index (χ1v) is 8.10. The highest BCUT2D eigenvalue weighted by molar-refractivity contribution is 5.80. The summed E-state index contributed by atoms with van der Waals surface area (Å²) in [5, 5.41) is 3.16. The maximum atomic E-state index is 12.2. The van der Waals surface area contributed by atoms with Crippen molar-refractivity contribution in [2.24, 2.45) is 0 Å². The summed E-state index contributed by atoms with van der Waals surface area (Å²) in [5.41, 5.74) is -0.610. The lowest BCUT2D eigenvalue weighted by molar-refractivity contribution is -0.151. The molecular formula is C16H33N3O2. The van der Waals surface area contributed by atoms with Crippen LogP contribution in [0.5, 0.6) is 0 Å². The van der Waals surface area contributed by atoms with Gasteiger partial charge < -0.3 is 15.0 Å². The monoisotopic (exact) mass is 299 g/mol. The van der Waals surface area contributed by atoms with E-state index in [0.29, 0.717) is 18.7 Å². The number of nitrogens with zero attached hydrogens (tertiary/aromatic N) is 2. The van der Waals surface area contributed by atoms with Crippen LogP contribution in [-0.4, -0.2) is 74.2 Å². The lowest BCUT2D eigenvalue weighted by atomic mass is 9.92. The van der Waals surface area contributed by atoms with E-state index in [2.05, 4.69) is 36.1 Å². The molecule has 1 fully saturated rings. The van der Waals surface area contributed by atoms with Crippen molar-refractivity contribution in [3.8, 4) is 0 Å². The molecule has 1 N–H and O–H groups in total. The Labute approximate surface area is 130 Å². The van der Waals surface area contributed by atoms with Crippen molar-refractivity contribution in [1.29, 1.82) is 0 Å². The third kappa shape index (κ3) is 4.94. The highest BCUT2D eigenvalue weighted by atomic mass is 16.5. The van der Waals surface area contributed by atoms with Crippen LogP contribution < -0.4 is 5.32 Å². The van der Waals surface area contributed by atoms with Crippen LogP contribution in [0.3, 0.4) is 0 Å². The molecule has 21 heavy (non-hydrogen) atoms. The molecule has 1 aliphatic heterocycles. The predicted molar refractivity (Wildman–Crippen MR) is 86.5 cm³/mol. The first-order valence-electron chi connectivity index (χ1n) is 8.10. The van der Waals surface area contributed by atoms with Gasteiger partial charge in [0, 0.05) is 18.6 Å². The van der Waals surface area contributed by atoms with Crippen LogP contribution in [0.4, 0.5) is 0 Å². The largest absolute Gasteiger partial charge is 0.465 e. The number of likely N-dealkylation sites (N-methyl/N-ethyl adjacent to an activating group) is 2. The number of likely N-dealkylation sites (tertiary alicyclic amines) is 1. The third-order valence-electron chi connectivity index (χ3n) is 4.55. The van der Waals surface area contributed by atoms with E-state index in [0.717, 1.165) is 19.5 Å². The summed E-state index contributed by atoms with van der Waals surface area (Å²) in [6.07, 6.45) is 3.27. The molecule has 1 heterocycles. The molecule has 5 heteroatoms. The Bertz CT molecular complexity index is 335. The minimum Gasteiger partial charge on any atom is -0.465 e. The topological polar surface area (TPSA) is 44.8 Å². The predicted octanol–water partition coefficient (Wildman–Crippen LogP) is 1.33. The molecule has 0 amide bonds. The first-order chi connectivity index (χ1) is 9.84. The maximum Gasteiger partial charge on any atom is 0.326 e. The van der Waals surface area contributed by atoms with Crippen molar-refractivity contribution >= 4 is 5.97 Å². The van der Waals surface area contributed by atoms with Crippen molar-refractivity contribution in [3.63, 3.8) is 0 Å². The summed E-state index contributed by atoms with van der Waals surface area (Å²) in [7, 11) is 6.08. The highest BCUT2D eigenvalue weighted by Crippen LogP contribution is 2.25. The van der Waals surface area contributed by atoms with E-state index in [-0.39, 0.29) is 5.97 Å². The molecule has 0 spiro atoms. The molecule has 1 aliphatic rings. The Kier molecular flexibility index (Phi) is 7.10. The minimum absolute atomic E-state index is 0.150. The summed E-state index contributed by atoms with van der Waals surface area (Å²) in [5.74, 6) is -0.150. The maximum absolute atomic E-state index is 12.2. The van der Waals surface area contributed by atoms with Gasteiger partial charge in [-0.3, -0.25) is 9.69 Å². The fourth-order valence-corrected chi connectivity index (χ4v) is 3.34. The molecule has 0 aromatic carbocycles. The number of carbonyl (C=O) groups is 1. The summed E-state index contributed by atoms with van der Waals surface area (Å²) in [6.45, 7) is 8.66. The van der Waals surface area contributed by atoms with E-state index in [1.807, 2.05) is 20.9 Å². The molecule has 3 atom stereocenters. The Balaban J connectivity index is 2.68. The molecule has 5 nitrogen and oxygen atoms in total. The van der Waals surface area contributed by atoms with E-state index in [9.17, 15) is 4.79 Å². The molecule has 1 rings (SSSR count). The van der Waals surface area contributed by atoms with Crippen LogP contribution in [0.25, 0.3) is 0 Å². The summed E-state index contributed by atoms with van der Waals surface area (Å²) < 4.78 is 5.22. The molecule has 0 aromatic rings. The number of carbonyl (C=O) groups excluding carboxylic acids is 1. The van der Waals surface area contributed by atoms with Crippen LogP contribution in [0, 0.1) is 0 Å². The van der Waals surface area contributed by atoms with Crippen molar-refractivity contribution in [1.82, 2.24) is 15.1 Å². The molecule has 0 bridgehead atoms. The molecule has 124 valence electrons. The van der Waals surface area contributed by atoms with Gasteiger partial charge in [-0.1, -0.05) is 0 Å². The first kappa shape index (κ1) is 18.4. The number of esters is 1. The molecule has 1 saturated heterocycles. The van der Waals surface area contributed by atoms with Crippen molar-refractivity contribution < 1.29 is 9.53 Å². The van der Waals surface area contributed by atoms with Crippen LogP contribution in [0.15, 0.2) is 0 Å². The standard InChI is InChI=1S/C16H33N3O2/c1-7-21-15(20)16(3,17-4)11-13(2)19-10-8-9-14(19)12-18(5)6/h13-14,17H,7-12H2,1-6H3. The van der Waals surface area contributed by atoms with Crippen molar-refractivity contribution in [2.45, 2.75) is 57.7 Å². The van der Waals surface area contributed by atoms with Crippen molar-refractivity contribution in [2.75, 3.05) is 40.8 Å². The second-order valence-corrected chi connectivity index (χ2v) is 6.65. The van der Waals surface area contributed by atoms with Gasteiger partial charge in [0.15, 0.2) is 0 Å². The number of hydrogen-bond donors (Lipinski definition) is 1. The van der Waals surface area contributed by atoms with Crippen LogP contribution in [-0.2, 0) is 9.53 Å². The quantitative estimate of drug-likeness (QED) is 0.685. The van der Waals surface area contributed by atoms with Gasteiger partial charge in [0.05, 0.1) is 6.61 Å². The molecule has 0 aliphatic carbocycles. The number of nitrogens with one attached hydrogen (secondary N) is 1. The number of hydrogen-bond acceptors (Lipinski definition) is 5. The van der Waals surface area contributed by atoms with Gasteiger partial charge in [-0.25, -0.2) is 0 Å². The Hall–Kier alpha value is -0.650. The van der Waals surface area contributed by atoms with Crippen LogP contribution >= 0.6 is 0 Å². The van der Waals surface area contributed by atoms with E-state index >= 15 is 0 Å². The zero-order valence-corrected chi connectivity index (χ0v) is 14.6. The molecule has 3 unspecified atom stereocenters. The molecule has 0 saturated carbocycles. The van der Waals surface area contributed by atoms with Gasteiger partial charge in [0.1, 0.15) is 5.54 Å². The normalized spacial score (nSPS) is 24.0. The van der Waals surface area contributed by atoms with Gasteiger partial charge in [0.25, 0.3) is 0 Å². The second-order valence-electron chi connectivity index (χ2n) is 6.65. The van der Waals surface area contributed by atoms with E-state index in [1.165, 1.54) is 12.8 Å². The van der Waals surface area contributed by atoms with E-state index in [4.69, 9.17) is 4.74 Å². The zero-order valence-electron chi connectivity index (χ0n) is 14.6. The Morgan fingerprint density at radius 2 is 2.19 bits per heavy atom.